The lowest BCUT2D eigenvalue weighted by molar-refractivity contribution is -0.117. The number of nitrogens with one attached hydrogen (secondary N) is 1. The Morgan fingerprint density at radius 1 is 1.56 bits per heavy atom. The van der Waals surface area contributed by atoms with Gasteiger partial charge in [-0.1, -0.05) is 47.8 Å². The van der Waals surface area contributed by atoms with Gasteiger partial charge in [-0.3, -0.25) is 4.79 Å². The third-order valence-corrected chi connectivity index (χ3v) is 3.26. The van der Waals surface area contributed by atoms with Crippen LogP contribution in [0.1, 0.15) is 26.7 Å². The molecule has 0 aliphatic heterocycles. The predicted molar refractivity (Wildman–Crippen MR) is 71.9 cm³/mol. The maximum absolute atomic E-state index is 11.7. The lowest BCUT2D eigenvalue weighted by Crippen LogP contribution is -2.15. The zero-order chi connectivity index (χ0) is 12.1. The molecule has 0 aliphatic rings. The van der Waals surface area contributed by atoms with Crippen molar-refractivity contribution in [2.45, 2.75) is 26.7 Å². The van der Waals surface area contributed by atoms with Gasteiger partial charge >= 0.3 is 0 Å². The van der Waals surface area contributed by atoms with Crippen molar-refractivity contribution in [3.05, 3.63) is 27.7 Å². The van der Waals surface area contributed by atoms with Gasteiger partial charge in [-0.15, -0.1) is 0 Å². The Morgan fingerprint density at radius 2 is 2.25 bits per heavy atom. The zero-order valence-electron chi connectivity index (χ0n) is 9.39. The van der Waals surface area contributed by atoms with Crippen LogP contribution in [0.25, 0.3) is 0 Å². The standard InChI is InChI=1S/C12H15BrClNO/c1-3-8(2)6-12(16)15-11-7-9(13)4-5-10(11)14/h4-5,7-8H,3,6H2,1-2H3,(H,15,16). The number of anilines is 1. The van der Waals surface area contributed by atoms with Crippen molar-refractivity contribution in [2.75, 3.05) is 5.32 Å². The van der Waals surface area contributed by atoms with Gasteiger partial charge in [-0.25, -0.2) is 0 Å². The summed E-state index contributed by atoms with van der Waals surface area (Å²) >= 11 is 9.32. The molecule has 0 aromatic heterocycles. The van der Waals surface area contributed by atoms with E-state index in [2.05, 4.69) is 35.1 Å². The fourth-order valence-corrected chi connectivity index (χ4v) is 1.78. The van der Waals surface area contributed by atoms with E-state index in [1.165, 1.54) is 0 Å². The molecule has 0 spiro atoms. The number of carbonyl (C=O) groups excluding carboxylic acids is 1. The Kier molecular flexibility index (Phi) is 5.29. The van der Waals surface area contributed by atoms with Crippen LogP contribution in [0, 0.1) is 5.92 Å². The fourth-order valence-electron chi connectivity index (χ4n) is 1.26. The summed E-state index contributed by atoms with van der Waals surface area (Å²) in [4.78, 5) is 11.7. The SMILES string of the molecule is CCC(C)CC(=O)Nc1cc(Br)ccc1Cl. The van der Waals surface area contributed by atoms with E-state index < -0.39 is 0 Å². The molecule has 1 unspecified atom stereocenters. The highest BCUT2D eigenvalue weighted by atomic mass is 79.9. The quantitative estimate of drug-likeness (QED) is 0.873. The average molecular weight is 305 g/mol. The van der Waals surface area contributed by atoms with Crippen LogP contribution in [-0.4, -0.2) is 5.91 Å². The Morgan fingerprint density at radius 3 is 2.88 bits per heavy atom. The van der Waals surface area contributed by atoms with E-state index in [0.717, 1.165) is 10.9 Å². The van der Waals surface area contributed by atoms with E-state index in [1.54, 1.807) is 12.1 Å². The topological polar surface area (TPSA) is 29.1 Å². The predicted octanol–water partition coefficient (Wildman–Crippen LogP) is 4.48. The minimum Gasteiger partial charge on any atom is -0.325 e. The molecule has 0 aliphatic carbocycles. The molecule has 0 fully saturated rings. The second kappa shape index (κ2) is 6.26. The molecule has 2 nitrogen and oxygen atoms in total. The molecule has 1 amide bonds. The molecular weight excluding hydrogens is 289 g/mol. The largest absolute Gasteiger partial charge is 0.325 e. The van der Waals surface area contributed by atoms with Crippen LogP contribution in [0.3, 0.4) is 0 Å². The summed E-state index contributed by atoms with van der Waals surface area (Å²) in [5.41, 5.74) is 0.657. The molecule has 1 aromatic carbocycles. The Balaban J connectivity index is 2.65. The molecule has 0 saturated heterocycles. The third-order valence-electron chi connectivity index (χ3n) is 2.43. The van der Waals surface area contributed by atoms with E-state index >= 15 is 0 Å². The van der Waals surface area contributed by atoms with Gasteiger partial charge < -0.3 is 5.32 Å². The van der Waals surface area contributed by atoms with Gasteiger partial charge in [-0.2, -0.15) is 0 Å². The van der Waals surface area contributed by atoms with Gasteiger partial charge in [0.15, 0.2) is 0 Å². The summed E-state index contributed by atoms with van der Waals surface area (Å²) in [5, 5.41) is 3.37. The maximum atomic E-state index is 11.7. The molecule has 0 radical (unpaired) electrons. The highest BCUT2D eigenvalue weighted by Gasteiger charge is 2.09. The molecule has 16 heavy (non-hydrogen) atoms. The van der Waals surface area contributed by atoms with Crippen LogP contribution >= 0.6 is 27.5 Å². The van der Waals surface area contributed by atoms with Crippen molar-refractivity contribution in [1.82, 2.24) is 0 Å². The number of rotatable bonds is 4. The first-order chi connectivity index (χ1) is 7.52. The van der Waals surface area contributed by atoms with Gasteiger partial charge in [-0.05, 0) is 24.1 Å². The minimum atomic E-state index is 0.00866. The van der Waals surface area contributed by atoms with Gasteiger partial charge in [0.1, 0.15) is 0 Å². The molecule has 0 saturated carbocycles. The van der Waals surface area contributed by atoms with Crippen molar-refractivity contribution in [2.24, 2.45) is 5.92 Å². The van der Waals surface area contributed by atoms with E-state index in [1.807, 2.05) is 6.07 Å². The van der Waals surface area contributed by atoms with E-state index in [-0.39, 0.29) is 5.91 Å². The normalized spacial score (nSPS) is 12.2. The summed E-state index contributed by atoms with van der Waals surface area (Å²) in [6, 6.07) is 5.40. The van der Waals surface area contributed by atoms with Crippen LogP contribution < -0.4 is 5.32 Å². The number of amides is 1. The summed E-state index contributed by atoms with van der Waals surface area (Å²) in [5.74, 6) is 0.403. The summed E-state index contributed by atoms with van der Waals surface area (Å²) < 4.78 is 0.899. The first kappa shape index (κ1) is 13.5. The van der Waals surface area contributed by atoms with Crippen LogP contribution in [0.4, 0.5) is 5.69 Å². The first-order valence-electron chi connectivity index (χ1n) is 5.27. The average Bonchev–Trinajstić information content (AvgIpc) is 2.23. The molecule has 0 heterocycles. The van der Waals surface area contributed by atoms with Gasteiger partial charge in [0.2, 0.25) is 5.91 Å². The number of hydrogen-bond acceptors (Lipinski definition) is 1. The molecular formula is C12H15BrClNO. The zero-order valence-corrected chi connectivity index (χ0v) is 11.7. The van der Waals surface area contributed by atoms with Gasteiger partial charge in [0.05, 0.1) is 10.7 Å². The van der Waals surface area contributed by atoms with E-state index in [9.17, 15) is 4.79 Å². The van der Waals surface area contributed by atoms with Crippen molar-refractivity contribution in [3.8, 4) is 0 Å². The highest BCUT2D eigenvalue weighted by Crippen LogP contribution is 2.26. The number of halogens is 2. The minimum absolute atomic E-state index is 0.00866. The molecule has 1 atom stereocenters. The van der Waals surface area contributed by atoms with Crippen molar-refractivity contribution in [3.63, 3.8) is 0 Å². The van der Waals surface area contributed by atoms with Crippen LogP contribution in [0.5, 0.6) is 0 Å². The number of carbonyl (C=O) groups is 1. The number of hydrogen-bond donors (Lipinski definition) is 1. The lowest BCUT2D eigenvalue weighted by Gasteiger charge is -2.10. The van der Waals surface area contributed by atoms with Crippen molar-refractivity contribution >= 4 is 39.1 Å². The van der Waals surface area contributed by atoms with Crippen molar-refractivity contribution in [1.29, 1.82) is 0 Å². The molecule has 1 N–H and O–H groups in total. The van der Waals surface area contributed by atoms with Crippen LogP contribution in [-0.2, 0) is 4.79 Å². The molecule has 1 rings (SSSR count). The number of benzene rings is 1. The monoisotopic (exact) mass is 303 g/mol. The fraction of sp³-hybridized carbons (Fsp3) is 0.417. The van der Waals surface area contributed by atoms with Crippen molar-refractivity contribution < 1.29 is 4.79 Å². The van der Waals surface area contributed by atoms with E-state index in [0.29, 0.717) is 23.0 Å². The maximum Gasteiger partial charge on any atom is 0.224 e. The highest BCUT2D eigenvalue weighted by molar-refractivity contribution is 9.10. The molecule has 1 aromatic rings. The summed E-state index contributed by atoms with van der Waals surface area (Å²) in [7, 11) is 0. The Labute approximate surface area is 110 Å². The second-order valence-electron chi connectivity index (χ2n) is 3.89. The van der Waals surface area contributed by atoms with Crippen LogP contribution in [0.15, 0.2) is 22.7 Å². The van der Waals surface area contributed by atoms with E-state index in [4.69, 9.17) is 11.6 Å². The van der Waals surface area contributed by atoms with Gasteiger partial charge in [0, 0.05) is 10.9 Å². The lowest BCUT2D eigenvalue weighted by atomic mass is 10.1. The Hall–Kier alpha value is -0.540. The van der Waals surface area contributed by atoms with Crippen LogP contribution in [0.2, 0.25) is 5.02 Å². The molecule has 0 bridgehead atoms. The molecule has 4 heteroatoms. The first-order valence-corrected chi connectivity index (χ1v) is 6.45. The smallest absolute Gasteiger partial charge is 0.224 e. The van der Waals surface area contributed by atoms with Gasteiger partial charge in [0.25, 0.3) is 0 Å². The second-order valence-corrected chi connectivity index (χ2v) is 5.21. The summed E-state index contributed by atoms with van der Waals surface area (Å²) in [6.07, 6.45) is 1.53. The third kappa shape index (κ3) is 4.14. The summed E-state index contributed by atoms with van der Waals surface area (Å²) in [6.45, 7) is 4.13. The molecule has 88 valence electrons. The Bertz CT molecular complexity index is 381.